The summed E-state index contributed by atoms with van der Waals surface area (Å²) in [5, 5.41) is 7.15. The molecule has 2 aromatic rings. The van der Waals surface area contributed by atoms with Gasteiger partial charge >= 0.3 is 0 Å². The van der Waals surface area contributed by atoms with E-state index in [0.29, 0.717) is 6.54 Å². The van der Waals surface area contributed by atoms with Crippen molar-refractivity contribution in [1.29, 1.82) is 0 Å². The zero-order chi connectivity index (χ0) is 16.5. The van der Waals surface area contributed by atoms with Gasteiger partial charge in [0, 0.05) is 30.5 Å². The number of nitrogens with one attached hydrogen (secondary N) is 1. The van der Waals surface area contributed by atoms with Gasteiger partial charge in [0.2, 0.25) is 11.8 Å². The number of aromatic nitrogens is 2. The molecule has 1 N–H and O–H groups in total. The Bertz CT molecular complexity index is 752. The molecule has 6 heteroatoms. The summed E-state index contributed by atoms with van der Waals surface area (Å²) in [6.07, 6.45) is 7.14. The van der Waals surface area contributed by atoms with E-state index in [1.807, 2.05) is 36.5 Å². The van der Waals surface area contributed by atoms with Gasteiger partial charge in [-0.3, -0.25) is 9.59 Å². The molecule has 1 saturated heterocycles. The minimum Gasteiger partial charge on any atom is -0.330 e. The van der Waals surface area contributed by atoms with E-state index in [2.05, 4.69) is 10.4 Å². The Balaban J connectivity index is 1.47. The molecule has 0 spiro atoms. The fourth-order valence-electron chi connectivity index (χ4n) is 3.24. The second kappa shape index (κ2) is 6.11. The van der Waals surface area contributed by atoms with Crippen LogP contribution in [0.25, 0.3) is 5.69 Å². The lowest BCUT2D eigenvalue weighted by molar-refractivity contribution is -0.137. The van der Waals surface area contributed by atoms with Gasteiger partial charge in [-0.2, -0.15) is 5.10 Å². The number of likely N-dealkylation sites (tertiary alicyclic amines) is 1. The number of hydrogen-bond donors (Lipinski definition) is 1. The van der Waals surface area contributed by atoms with Gasteiger partial charge in [-0.1, -0.05) is 6.07 Å². The Hall–Kier alpha value is -2.63. The molecule has 1 atom stereocenters. The van der Waals surface area contributed by atoms with Crippen molar-refractivity contribution < 1.29 is 9.59 Å². The van der Waals surface area contributed by atoms with Crippen molar-refractivity contribution >= 4 is 17.5 Å². The van der Waals surface area contributed by atoms with Gasteiger partial charge in [-0.25, -0.2) is 4.68 Å². The van der Waals surface area contributed by atoms with E-state index in [9.17, 15) is 9.59 Å². The molecule has 124 valence electrons. The summed E-state index contributed by atoms with van der Waals surface area (Å²) < 4.78 is 1.74. The van der Waals surface area contributed by atoms with Crippen molar-refractivity contribution in [2.24, 2.45) is 5.92 Å². The van der Waals surface area contributed by atoms with E-state index in [1.54, 1.807) is 15.8 Å². The van der Waals surface area contributed by atoms with Crippen LogP contribution in [0.2, 0.25) is 0 Å². The topological polar surface area (TPSA) is 67.2 Å². The predicted molar refractivity (Wildman–Crippen MR) is 89.7 cm³/mol. The first-order valence-electron chi connectivity index (χ1n) is 8.44. The molecule has 0 bridgehead atoms. The Morgan fingerprint density at radius 2 is 2.04 bits per heavy atom. The van der Waals surface area contributed by atoms with Gasteiger partial charge in [-0.15, -0.1) is 0 Å². The first-order chi connectivity index (χ1) is 11.7. The van der Waals surface area contributed by atoms with Crippen LogP contribution in [-0.4, -0.2) is 39.1 Å². The van der Waals surface area contributed by atoms with Crippen molar-refractivity contribution in [3.8, 4) is 5.69 Å². The van der Waals surface area contributed by atoms with Gasteiger partial charge in [0.05, 0.1) is 5.69 Å². The van der Waals surface area contributed by atoms with Crippen molar-refractivity contribution in [3.05, 3.63) is 42.7 Å². The van der Waals surface area contributed by atoms with E-state index < -0.39 is 0 Å². The molecule has 2 amide bonds. The zero-order valence-electron chi connectivity index (χ0n) is 13.4. The van der Waals surface area contributed by atoms with E-state index >= 15 is 0 Å². The molecule has 2 aliphatic rings. The van der Waals surface area contributed by atoms with Crippen molar-refractivity contribution in [1.82, 2.24) is 14.7 Å². The smallest absolute Gasteiger partial charge is 0.247 e. The second-order valence-electron chi connectivity index (χ2n) is 6.45. The Morgan fingerprint density at radius 3 is 2.79 bits per heavy atom. The molecular weight excluding hydrogens is 304 g/mol. The number of nitrogens with zero attached hydrogens (tertiary/aromatic N) is 3. The largest absolute Gasteiger partial charge is 0.330 e. The quantitative estimate of drug-likeness (QED) is 0.937. The number of carbonyl (C=O) groups excluding carboxylic acids is 2. The third-order valence-corrected chi connectivity index (χ3v) is 4.65. The van der Waals surface area contributed by atoms with Crippen LogP contribution in [0.4, 0.5) is 5.69 Å². The molecule has 1 aromatic carbocycles. The molecule has 1 aliphatic heterocycles. The molecule has 4 rings (SSSR count). The monoisotopic (exact) mass is 324 g/mol. The number of anilines is 1. The average molecular weight is 324 g/mol. The first-order valence-corrected chi connectivity index (χ1v) is 8.44. The maximum atomic E-state index is 12.6. The zero-order valence-corrected chi connectivity index (χ0v) is 13.4. The van der Waals surface area contributed by atoms with Gasteiger partial charge < -0.3 is 10.2 Å². The molecule has 1 aromatic heterocycles. The Morgan fingerprint density at radius 1 is 1.17 bits per heavy atom. The molecule has 0 radical (unpaired) electrons. The van der Waals surface area contributed by atoms with Crippen LogP contribution in [0, 0.1) is 5.92 Å². The standard InChI is InChI=1S/C18H20N4O2/c23-17(16-6-2-10-21(16)18(24)13-7-8-13)20-14-4-1-5-15(12-14)22-11-3-9-19-22/h1,3-5,9,11-13,16H,2,6-8,10H2,(H,20,23)/t16-/m0/s1. The van der Waals surface area contributed by atoms with Crippen LogP contribution in [-0.2, 0) is 9.59 Å². The molecule has 1 saturated carbocycles. The van der Waals surface area contributed by atoms with Gasteiger partial charge in [-0.05, 0) is 49.9 Å². The molecule has 2 heterocycles. The minimum atomic E-state index is -0.341. The highest BCUT2D eigenvalue weighted by molar-refractivity contribution is 5.98. The van der Waals surface area contributed by atoms with Crippen LogP contribution in [0.1, 0.15) is 25.7 Å². The normalized spacial score (nSPS) is 20.2. The van der Waals surface area contributed by atoms with E-state index in [1.165, 1.54) is 0 Å². The van der Waals surface area contributed by atoms with Crippen LogP contribution in [0.3, 0.4) is 0 Å². The number of benzene rings is 1. The number of rotatable bonds is 4. The highest BCUT2D eigenvalue weighted by atomic mass is 16.2. The number of hydrogen-bond acceptors (Lipinski definition) is 3. The highest BCUT2D eigenvalue weighted by Gasteiger charge is 2.40. The SMILES string of the molecule is O=C(Nc1cccc(-n2cccn2)c1)[C@@H]1CCCN1C(=O)C1CC1. The Labute approximate surface area is 140 Å². The number of carbonyl (C=O) groups is 2. The molecule has 0 unspecified atom stereocenters. The van der Waals surface area contributed by atoms with Crippen molar-refractivity contribution in [2.75, 3.05) is 11.9 Å². The average Bonchev–Trinajstić information content (AvgIpc) is 3.11. The third kappa shape index (κ3) is 2.91. The summed E-state index contributed by atoms with van der Waals surface area (Å²) in [6.45, 7) is 0.695. The fraction of sp³-hybridized carbons (Fsp3) is 0.389. The lowest BCUT2D eigenvalue weighted by atomic mass is 10.2. The fourth-order valence-corrected chi connectivity index (χ4v) is 3.24. The molecule has 24 heavy (non-hydrogen) atoms. The molecule has 2 fully saturated rings. The van der Waals surface area contributed by atoms with Crippen LogP contribution in [0.5, 0.6) is 0 Å². The lowest BCUT2D eigenvalue weighted by Gasteiger charge is -2.24. The maximum absolute atomic E-state index is 12.6. The Kier molecular flexibility index (Phi) is 3.80. The third-order valence-electron chi connectivity index (χ3n) is 4.65. The predicted octanol–water partition coefficient (Wildman–Crippen LogP) is 2.21. The van der Waals surface area contributed by atoms with Crippen LogP contribution < -0.4 is 5.32 Å². The molecule has 6 nitrogen and oxygen atoms in total. The summed E-state index contributed by atoms with van der Waals surface area (Å²) in [6, 6.07) is 9.06. The van der Waals surface area contributed by atoms with Gasteiger partial charge in [0.1, 0.15) is 6.04 Å². The van der Waals surface area contributed by atoms with Crippen molar-refractivity contribution in [2.45, 2.75) is 31.7 Å². The number of amides is 2. The summed E-state index contributed by atoms with van der Waals surface area (Å²) in [4.78, 5) is 26.7. The summed E-state index contributed by atoms with van der Waals surface area (Å²) >= 11 is 0. The molecule has 1 aliphatic carbocycles. The van der Waals surface area contributed by atoms with E-state index in [0.717, 1.165) is 37.1 Å². The summed E-state index contributed by atoms with van der Waals surface area (Å²) in [7, 11) is 0. The van der Waals surface area contributed by atoms with Gasteiger partial charge in [0.15, 0.2) is 0 Å². The minimum absolute atomic E-state index is 0.0980. The van der Waals surface area contributed by atoms with Crippen LogP contribution in [0.15, 0.2) is 42.7 Å². The summed E-state index contributed by atoms with van der Waals surface area (Å²) in [5.74, 6) is 0.207. The van der Waals surface area contributed by atoms with Crippen LogP contribution >= 0.6 is 0 Å². The molecular formula is C18H20N4O2. The maximum Gasteiger partial charge on any atom is 0.247 e. The van der Waals surface area contributed by atoms with E-state index in [-0.39, 0.29) is 23.8 Å². The van der Waals surface area contributed by atoms with E-state index in [4.69, 9.17) is 0 Å². The summed E-state index contributed by atoms with van der Waals surface area (Å²) in [5.41, 5.74) is 1.61. The van der Waals surface area contributed by atoms with Gasteiger partial charge in [0.25, 0.3) is 0 Å². The first kappa shape index (κ1) is 14.9. The second-order valence-corrected chi connectivity index (χ2v) is 6.45. The van der Waals surface area contributed by atoms with Crippen molar-refractivity contribution in [3.63, 3.8) is 0 Å². The lowest BCUT2D eigenvalue weighted by Crippen LogP contribution is -2.43. The highest BCUT2D eigenvalue weighted by Crippen LogP contribution is 2.34.